The van der Waals surface area contributed by atoms with Crippen molar-refractivity contribution in [2.75, 3.05) is 18.5 Å². The van der Waals surface area contributed by atoms with Crippen LogP contribution in [0.1, 0.15) is 37.0 Å². The lowest BCUT2D eigenvalue weighted by Crippen LogP contribution is -2.50. The number of amides is 2. The summed E-state index contributed by atoms with van der Waals surface area (Å²) in [5, 5.41) is 8.94. The summed E-state index contributed by atoms with van der Waals surface area (Å²) in [7, 11) is 1.65. The number of pyridine rings is 1. The number of benzene rings is 2. The summed E-state index contributed by atoms with van der Waals surface area (Å²) in [6.07, 6.45) is 8.53. The van der Waals surface area contributed by atoms with Crippen LogP contribution < -0.4 is 10.4 Å². The number of nitrogens with one attached hydrogen (secondary N) is 1. The molecule has 2 amide bonds. The van der Waals surface area contributed by atoms with Crippen molar-refractivity contribution in [3.05, 3.63) is 120 Å². The third-order valence-corrected chi connectivity index (χ3v) is 5.94. The normalized spacial score (nSPS) is 13.4. The van der Waals surface area contributed by atoms with Gasteiger partial charge in [-0.2, -0.15) is 0 Å². The van der Waals surface area contributed by atoms with Crippen LogP contribution in [0.25, 0.3) is 0 Å². The average Bonchev–Trinajstić information content (AvgIpc) is 3.03. The molecule has 1 aliphatic rings. The Bertz CT molecular complexity index is 1200. The van der Waals surface area contributed by atoms with Crippen LogP contribution >= 0.6 is 0 Å². The van der Waals surface area contributed by atoms with Crippen LogP contribution in [0.5, 0.6) is 0 Å². The van der Waals surface area contributed by atoms with Crippen LogP contribution in [0.2, 0.25) is 0 Å². The van der Waals surface area contributed by atoms with Crippen LogP contribution in [0.4, 0.5) is 5.69 Å². The minimum atomic E-state index is -0.880. The van der Waals surface area contributed by atoms with E-state index in [9.17, 15) is 9.59 Å². The lowest BCUT2D eigenvalue weighted by atomic mass is 9.98. The summed E-state index contributed by atoms with van der Waals surface area (Å²) in [5.41, 5.74) is 6.64. The van der Waals surface area contributed by atoms with Crippen LogP contribution in [0.3, 0.4) is 0 Å². The van der Waals surface area contributed by atoms with Crippen molar-refractivity contribution in [2.45, 2.75) is 39.7 Å². The van der Waals surface area contributed by atoms with E-state index < -0.39 is 11.9 Å². The van der Waals surface area contributed by atoms with E-state index in [0.717, 1.165) is 12.1 Å². The molecule has 4 rings (SSSR count). The molecule has 2 N–H and O–H groups in total. The van der Waals surface area contributed by atoms with Crippen molar-refractivity contribution < 1.29 is 19.6 Å². The number of hydrogen-bond acceptors (Lipinski definition) is 6. The van der Waals surface area contributed by atoms with Crippen LogP contribution in [-0.2, 0) is 20.8 Å². The van der Waals surface area contributed by atoms with Gasteiger partial charge in [0.15, 0.2) is 0 Å². The molecular formula is C32H40N4O4. The summed E-state index contributed by atoms with van der Waals surface area (Å²) in [6.45, 7) is 12.3. The monoisotopic (exact) mass is 544 g/mol. The number of anilines is 1. The molecule has 3 aromatic rings. The maximum absolute atomic E-state index is 12.7. The Morgan fingerprint density at radius 1 is 1.02 bits per heavy atom. The molecule has 0 saturated carbocycles. The molecule has 212 valence electrons. The SMILES string of the molecule is C=CN1CCC=C(C(=O)N(C)c2ccccc2)C1C(=O)NO.C=O.CC.Cc1ccc(Cc2ccncc2)cc1. The van der Waals surface area contributed by atoms with E-state index in [1.54, 1.807) is 23.5 Å². The summed E-state index contributed by atoms with van der Waals surface area (Å²) in [4.78, 5) is 39.8. The third kappa shape index (κ3) is 9.96. The molecule has 0 aliphatic carbocycles. The van der Waals surface area contributed by atoms with Gasteiger partial charge >= 0.3 is 0 Å². The Labute approximate surface area is 237 Å². The average molecular weight is 545 g/mol. The Balaban J connectivity index is 0.000000381. The Morgan fingerprint density at radius 2 is 1.60 bits per heavy atom. The number of aromatic nitrogens is 1. The highest BCUT2D eigenvalue weighted by Gasteiger charge is 2.35. The fourth-order valence-corrected chi connectivity index (χ4v) is 3.95. The van der Waals surface area contributed by atoms with Gasteiger partial charge in [-0.05, 0) is 61.4 Å². The molecule has 8 heteroatoms. The second-order valence-electron chi connectivity index (χ2n) is 8.46. The number of hydrogen-bond donors (Lipinski definition) is 2. The minimum Gasteiger partial charge on any atom is -0.362 e. The predicted molar refractivity (Wildman–Crippen MR) is 160 cm³/mol. The number of carbonyl (C=O) groups excluding carboxylic acids is 3. The molecule has 0 fully saturated rings. The highest BCUT2D eigenvalue weighted by Crippen LogP contribution is 2.23. The first-order chi connectivity index (χ1) is 19.4. The molecule has 8 nitrogen and oxygen atoms in total. The molecular weight excluding hydrogens is 504 g/mol. The predicted octanol–water partition coefficient (Wildman–Crippen LogP) is 5.12. The molecule has 1 aromatic heterocycles. The smallest absolute Gasteiger partial charge is 0.270 e. The zero-order valence-corrected chi connectivity index (χ0v) is 23.8. The number of para-hydroxylation sites is 1. The van der Waals surface area contributed by atoms with Crippen LogP contribution in [0.15, 0.2) is 104 Å². The van der Waals surface area contributed by atoms with Gasteiger partial charge in [-0.1, -0.05) is 74.5 Å². The van der Waals surface area contributed by atoms with Gasteiger partial charge in [0, 0.05) is 37.2 Å². The Hall–Kier alpha value is -4.56. The second kappa shape index (κ2) is 18.7. The maximum Gasteiger partial charge on any atom is 0.270 e. The van der Waals surface area contributed by atoms with E-state index >= 15 is 0 Å². The molecule has 1 aliphatic heterocycles. The first-order valence-electron chi connectivity index (χ1n) is 13.0. The molecule has 2 aromatic carbocycles. The first-order valence-corrected chi connectivity index (χ1v) is 13.0. The summed E-state index contributed by atoms with van der Waals surface area (Å²) in [6, 6.07) is 21.0. The van der Waals surface area contributed by atoms with Gasteiger partial charge in [-0.3, -0.25) is 19.8 Å². The van der Waals surface area contributed by atoms with Crippen molar-refractivity contribution >= 4 is 24.3 Å². The van der Waals surface area contributed by atoms with E-state index in [1.807, 2.05) is 63.4 Å². The standard InChI is InChI=1S/C16H19N3O3.C13H13N.C2H6.CH2O/c1-3-19-11-7-10-13(14(19)15(20)17-22)16(21)18(2)12-8-5-4-6-9-12;1-11-2-4-12(5-3-11)10-13-6-8-14-9-7-13;2*1-2/h3-6,8-10,14,22H,1,7,11H2,2H3,(H,17,20);2-9H,10H2,1H3;1-2H3;1H2. The number of rotatable bonds is 6. The lowest BCUT2D eigenvalue weighted by Gasteiger charge is -2.34. The summed E-state index contributed by atoms with van der Waals surface area (Å²) in [5.74, 6) is -0.938. The van der Waals surface area contributed by atoms with Gasteiger partial charge < -0.3 is 14.6 Å². The molecule has 2 heterocycles. The van der Waals surface area contributed by atoms with E-state index in [4.69, 9.17) is 10.0 Å². The molecule has 0 spiro atoms. The van der Waals surface area contributed by atoms with Gasteiger partial charge in [0.1, 0.15) is 12.8 Å². The summed E-state index contributed by atoms with van der Waals surface area (Å²) < 4.78 is 0. The number of hydroxylamine groups is 1. The number of nitrogens with zero attached hydrogens (tertiary/aromatic N) is 3. The van der Waals surface area contributed by atoms with Gasteiger partial charge in [-0.25, -0.2) is 5.48 Å². The van der Waals surface area contributed by atoms with E-state index in [-0.39, 0.29) is 5.91 Å². The maximum atomic E-state index is 12.7. The topological polar surface area (TPSA) is 103 Å². The van der Waals surface area contributed by atoms with Gasteiger partial charge in [0.05, 0.1) is 0 Å². The quantitative estimate of drug-likeness (QED) is 0.330. The highest BCUT2D eigenvalue weighted by molar-refractivity contribution is 6.10. The fourth-order valence-electron chi connectivity index (χ4n) is 3.95. The summed E-state index contributed by atoms with van der Waals surface area (Å²) >= 11 is 0. The third-order valence-electron chi connectivity index (χ3n) is 5.94. The van der Waals surface area contributed by atoms with Crippen molar-refractivity contribution in [1.82, 2.24) is 15.4 Å². The molecule has 0 saturated heterocycles. The molecule has 0 radical (unpaired) electrons. The molecule has 1 atom stereocenters. The Morgan fingerprint density at radius 3 is 2.15 bits per heavy atom. The van der Waals surface area contributed by atoms with Crippen LogP contribution in [0, 0.1) is 6.92 Å². The zero-order valence-electron chi connectivity index (χ0n) is 23.8. The van der Waals surface area contributed by atoms with E-state index in [2.05, 4.69) is 54.9 Å². The Kier molecular flexibility index (Phi) is 15.6. The minimum absolute atomic E-state index is 0.286. The van der Waals surface area contributed by atoms with Crippen LogP contribution in [-0.4, -0.2) is 53.3 Å². The van der Waals surface area contributed by atoms with Crippen molar-refractivity contribution in [3.8, 4) is 0 Å². The fraction of sp³-hybridized carbons (Fsp3) is 0.250. The van der Waals surface area contributed by atoms with Crippen molar-refractivity contribution in [1.29, 1.82) is 0 Å². The van der Waals surface area contributed by atoms with Gasteiger partial charge in [0.2, 0.25) is 0 Å². The number of carbonyl (C=O) groups is 3. The molecule has 0 bridgehead atoms. The largest absolute Gasteiger partial charge is 0.362 e. The molecule has 40 heavy (non-hydrogen) atoms. The van der Waals surface area contributed by atoms with E-state index in [1.165, 1.54) is 27.8 Å². The number of aryl methyl sites for hydroxylation is 1. The van der Waals surface area contributed by atoms with Crippen molar-refractivity contribution in [3.63, 3.8) is 0 Å². The second-order valence-corrected chi connectivity index (χ2v) is 8.46. The van der Waals surface area contributed by atoms with E-state index in [0.29, 0.717) is 18.5 Å². The first kappa shape index (κ1) is 33.5. The molecule has 1 unspecified atom stereocenters. The van der Waals surface area contributed by atoms with Crippen molar-refractivity contribution in [2.24, 2.45) is 0 Å². The lowest BCUT2D eigenvalue weighted by molar-refractivity contribution is -0.134. The zero-order chi connectivity index (χ0) is 29.9. The highest BCUT2D eigenvalue weighted by atomic mass is 16.5. The van der Waals surface area contributed by atoms with Gasteiger partial charge in [-0.15, -0.1) is 0 Å². The van der Waals surface area contributed by atoms with Gasteiger partial charge in [0.25, 0.3) is 11.8 Å². The number of likely N-dealkylation sites (N-methyl/N-ethyl adjacent to an activating group) is 1.